The van der Waals surface area contributed by atoms with Crippen LogP contribution in [-0.4, -0.2) is 35.4 Å². The van der Waals surface area contributed by atoms with E-state index in [1.807, 2.05) is 20.8 Å². The number of carbonyl (C=O) groups excluding carboxylic acids is 2. The molecule has 4 bridgehead atoms. The second kappa shape index (κ2) is 5.07. The summed E-state index contributed by atoms with van der Waals surface area (Å²) in [4.78, 5) is 24.6. The maximum Gasteiger partial charge on any atom is 0.310 e. The Balaban J connectivity index is 1.78. The van der Waals surface area contributed by atoms with Crippen LogP contribution in [0, 0.1) is 29.1 Å². The maximum atomic E-state index is 12.4. The average Bonchev–Trinajstić information content (AvgIpc) is 2.91. The second-order valence-electron chi connectivity index (χ2n) is 8.68. The van der Waals surface area contributed by atoms with Gasteiger partial charge in [0.1, 0.15) is 12.2 Å². The molecule has 7 atom stereocenters. The van der Waals surface area contributed by atoms with Crippen molar-refractivity contribution in [2.45, 2.75) is 65.3 Å². The van der Waals surface area contributed by atoms with Gasteiger partial charge in [0.05, 0.1) is 23.9 Å². The third kappa shape index (κ3) is 2.03. The van der Waals surface area contributed by atoms with Crippen molar-refractivity contribution < 1.29 is 24.2 Å². The summed E-state index contributed by atoms with van der Waals surface area (Å²) < 4.78 is 11.6. The van der Waals surface area contributed by atoms with Gasteiger partial charge in [-0.25, -0.2) is 0 Å². The first-order valence-corrected chi connectivity index (χ1v) is 9.02. The molecule has 1 aliphatic heterocycles. The zero-order valence-corrected chi connectivity index (χ0v) is 14.7. The number of carbonyl (C=O) groups is 2. The number of aliphatic hydroxyl groups excluding tert-OH is 1. The third-order valence-electron chi connectivity index (χ3n) is 6.82. The minimum atomic E-state index is -0.449. The van der Waals surface area contributed by atoms with Gasteiger partial charge in [0.2, 0.25) is 0 Å². The van der Waals surface area contributed by atoms with Gasteiger partial charge < -0.3 is 14.6 Å². The largest absolute Gasteiger partial charge is 0.462 e. The van der Waals surface area contributed by atoms with E-state index < -0.39 is 6.10 Å². The first-order chi connectivity index (χ1) is 11.2. The minimum Gasteiger partial charge on any atom is -0.462 e. The van der Waals surface area contributed by atoms with Gasteiger partial charge in [0, 0.05) is 0 Å². The van der Waals surface area contributed by atoms with Crippen LogP contribution >= 0.6 is 0 Å². The highest BCUT2D eigenvalue weighted by molar-refractivity contribution is 5.78. The minimum absolute atomic E-state index is 0.103. The highest BCUT2D eigenvalue weighted by Gasteiger charge is 2.65. The zero-order chi connectivity index (χ0) is 17.4. The lowest BCUT2D eigenvalue weighted by Crippen LogP contribution is -2.45. The predicted octanol–water partition coefficient (Wildman–Crippen LogP) is 2.22. The molecule has 0 amide bonds. The molecule has 1 heterocycles. The number of rotatable bonds is 2. The van der Waals surface area contributed by atoms with E-state index in [2.05, 4.69) is 6.92 Å². The van der Waals surface area contributed by atoms with Gasteiger partial charge in [-0.05, 0) is 48.7 Å². The first kappa shape index (κ1) is 16.1. The van der Waals surface area contributed by atoms with Gasteiger partial charge in [0.25, 0.3) is 0 Å². The molecule has 5 aliphatic rings. The maximum absolute atomic E-state index is 12.4. The third-order valence-corrected chi connectivity index (χ3v) is 6.82. The van der Waals surface area contributed by atoms with E-state index in [-0.39, 0.29) is 53.2 Å². The number of fused-ring (bicyclic) bond motifs is 1. The molecule has 7 unspecified atom stereocenters. The summed E-state index contributed by atoms with van der Waals surface area (Å²) in [7, 11) is 0. The van der Waals surface area contributed by atoms with Gasteiger partial charge in [0.15, 0.2) is 0 Å². The molecule has 0 aromatic carbocycles. The van der Waals surface area contributed by atoms with Crippen LogP contribution in [0.15, 0.2) is 11.1 Å². The Kier molecular flexibility index (Phi) is 3.41. The van der Waals surface area contributed by atoms with Crippen LogP contribution in [0.1, 0.15) is 47.0 Å². The van der Waals surface area contributed by atoms with Crippen LogP contribution in [0.25, 0.3) is 0 Å². The summed E-state index contributed by atoms with van der Waals surface area (Å²) in [5.74, 6) is -0.646. The molecular weight excluding hydrogens is 308 g/mol. The molecule has 0 aromatic rings. The molecule has 1 saturated heterocycles. The van der Waals surface area contributed by atoms with E-state index in [1.54, 1.807) is 0 Å². The van der Waals surface area contributed by atoms with Crippen LogP contribution in [-0.2, 0) is 19.1 Å². The van der Waals surface area contributed by atoms with E-state index in [0.29, 0.717) is 6.42 Å². The standard InChI is InChI=1S/C19H26O5/c1-8(2)17(21)23-13-7-19(4)6-10-15(13)16(24-18(10)22)14-9(3)12(20)5-11(14)19/h8,10-13,15-16,20H,5-7H2,1-4H3. The monoisotopic (exact) mass is 334 g/mol. The zero-order valence-electron chi connectivity index (χ0n) is 14.7. The summed E-state index contributed by atoms with van der Waals surface area (Å²) in [6, 6.07) is 0. The molecular formula is C19H26O5. The van der Waals surface area contributed by atoms with Crippen molar-refractivity contribution in [3.8, 4) is 0 Å². The summed E-state index contributed by atoms with van der Waals surface area (Å²) in [6.45, 7) is 7.79. The molecule has 0 radical (unpaired) electrons. The number of ether oxygens (including phenoxy) is 2. The van der Waals surface area contributed by atoms with Gasteiger partial charge in [-0.1, -0.05) is 20.8 Å². The topological polar surface area (TPSA) is 72.8 Å². The molecule has 5 heteroatoms. The lowest BCUT2D eigenvalue weighted by Gasteiger charge is -2.43. The number of esters is 2. The first-order valence-electron chi connectivity index (χ1n) is 9.02. The molecule has 5 nitrogen and oxygen atoms in total. The van der Waals surface area contributed by atoms with Crippen LogP contribution in [0.4, 0.5) is 0 Å². The number of hydrogen-bond acceptors (Lipinski definition) is 5. The van der Waals surface area contributed by atoms with E-state index >= 15 is 0 Å². The van der Waals surface area contributed by atoms with Crippen molar-refractivity contribution in [1.82, 2.24) is 0 Å². The summed E-state index contributed by atoms with van der Waals surface area (Å²) >= 11 is 0. The van der Waals surface area contributed by atoms with Gasteiger partial charge in [-0.3, -0.25) is 9.59 Å². The number of hydrogen-bond donors (Lipinski definition) is 1. The van der Waals surface area contributed by atoms with Crippen LogP contribution in [0.3, 0.4) is 0 Å². The van der Waals surface area contributed by atoms with Crippen LogP contribution in [0.2, 0.25) is 0 Å². The Morgan fingerprint density at radius 3 is 2.75 bits per heavy atom. The highest BCUT2D eigenvalue weighted by Crippen LogP contribution is 2.63. The van der Waals surface area contributed by atoms with E-state index in [9.17, 15) is 14.7 Å². The van der Waals surface area contributed by atoms with Crippen LogP contribution < -0.4 is 0 Å². The van der Waals surface area contributed by atoms with Crippen molar-refractivity contribution in [3.63, 3.8) is 0 Å². The van der Waals surface area contributed by atoms with Crippen LogP contribution in [0.5, 0.6) is 0 Å². The fraction of sp³-hybridized carbons (Fsp3) is 0.789. The molecule has 4 fully saturated rings. The molecule has 4 aliphatic carbocycles. The quantitative estimate of drug-likeness (QED) is 0.619. The Bertz CT molecular complexity index is 636. The van der Waals surface area contributed by atoms with Crippen molar-refractivity contribution >= 4 is 11.9 Å². The summed E-state index contributed by atoms with van der Waals surface area (Å²) in [6.07, 6.45) is 1.14. The molecule has 3 saturated carbocycles. The van der Waals surface area contributed by atoms with E-state index in [1.165, 1.54) is 0 Å². The summed E-state index contributed by atoms with van der Waals surface area (Å²) in [5, 5.41) is 10.4. The molecule has 1 N–H and O–H groups in total. The Labute approximate surface area is 142 Å². The van der Waals surface area contributed by atoms with Gasteiger partial charge >= 0.3 is 11.9 Å². The molecule has 0 spiro atoms. The van der Waals surface area contributed by atoms with Crippen molar-refractivity contribution in [2.75, 3.05) is 0 Å². The van der Waals surface area contributed by atoms with Gasteiger partial charge in [-0.15, -0.1) is 0 Å². The second-order valence-corrected chi connectivity index (χ2v) is 8.68. The summed E-state index contributed by atoms with van der Waals surface area (Å²) in [5.41, 5.74) is 1.92. The van der Waals surface area contributed by atoms with Crippen molar-refractivity contribution in [2.24, 2.45) is 29.1 Å². The fourth-order valence-corrected chi connectivity index (χ4v) is 5.55. The van der Waals surface area contributed by atoms with Crippen molar-refractivity contribution in [1.29, 1.82) is 0 Å². The van der Waals surface area contributed by atoms with Gasteiger partial charge in [-0.2, -0.15) is 0 Å². The van der Waals surface area contributed by atoms with Crippen molar-refractivity contribution in [3.05, 3.63) is 11.1 Å². The highest BCUT2D eigenvalue weighted by atomic mass is 16.6. The average molecular weight is 334 g/mol. The van der Waals surface area contributed by atoms with E-state index in [4.69, 9.17) is 9.47 Å². The fourth-order valence-electron chi connectivity index (χ4n) is 5.55. The Morgan fingerprint density at radius 1 is 1.38 bits per heavy atom. The molecule has 5 rings (SSSR count). The molecule has 132 valence electrons. The number of aliphatic hydroxyl groups is 1. The van der Waals surface area contributed by atoms with E-state index in [0.717, 1.165) is 24.0 Å². The smallest absolute Gasteiger partial charge is 0.310 e. The Hall–Kier alpha value is -1.36. The lowest BCUT2D eigenvalue weighted by molar-refractivity contribution is -0.163. The molecule has 24 heavy (non-hydrogen) atoms. The normalized spacial score (nSPS) is 46.2. The molecule has 0 aromatic heterocycles. The SMILES string of the molecule is CC1=C2C3OC(=O)C4CC(C)(CC(OC(=O)C(C)C)C43)C2CC1O. The lowest BCUT2D eigenvalue weighted by atomic mass is 9.62. The predicted molar refractivity (Wildman–Crippen MR) is 85.7 cm³/mol. The Morgan fingerprint density at radius 2 is 2.08 bits per heavy atom.